The number of nitrogen functional groups attached to an aromatic ring is 1. The number of benzene rings is 1. The smallest absolute Gasteiger partial charge is 0.153 e. The van der Waals surface area contributed by atoms with Gasteiger partial charge in [-0.15, -0.1) is 0 Å². The molecule has 2 aromatic rings. The summed E-state index contributed by atoms with van der Waals surface area (Å²) in [4.78, 5) is 4.13. The van der Waals surface area contributed by atoms with Gasteiger partial charge in [0.1, 0.15) is 0 Å². The van der Waals surface area contributed by atoms with E-state index in [0.717, 1.165) is 15.7 Å². The molecule has 1 heterocycles. The largest absolute Gasteiger partial charge is 0.396 e. The molecule has 0 amide bonds. The first-order chi connectivity index (χ1) is 8.47. The van der Waals surface area contributed by atoms with Crippen molar-refractivity contribution in [3.8, 4) is 0 Å². The van der Waals surface area contributed by atoms with Crippen molar-refractivity contribution in [3.05, 3.63) is 44.5 Å². The van der Waals surface area contributed by atoms with Crippen LogP contribution in [0.15, 0.2) is 28.9 Å². The van der Waals surface area contributed by atoms with E-state index in [1.807, 2.05) is 19.1 Å². The molecule has 1 aromatic carbocycles. The Hall–Kier alpha value is -0.970. The first-order valence-electron chi connectivity index (χ1n) is 5.11. The van der Waals surface area contributed by atoms with E-state index in [0.29, 0.717) is 21.6 Å². The van der Waals surface area contributed by atoms with E-state index >= 15 is 0 Å². The SMILES string of the molecule is Cc1cc(Br)c(Nc2ncc(Cl)cc2N)cc1Cl. The average Bonchev–Trinajstić information content (AvgIpc) is 2.29. The second kappa shape index (κ2) is 5.34. The molecule has 1 aromatic heterocycles. The molecule has 2 rings (SSSR count). The second-order valence-electron chi connectivity index (χ2n) is 3.80. The standard InChI is InChI=1S/C12H10BrCl2N3/c1-6-2-8(13)11(4-9(6)15)18-12-10(16)3-7(14)5-17-12/h2-5H,16H2,1H3,(H,17,18). The third-order valence-corrected chi connectivity index (χ3v) is 3.66. The molecule has 0 aliphatic carbocycles. The van der Waals surface area contributed by atoms with Gasteiger partial charge in [-0.05, 0) is 46.6 Å². The van der Waals surface area contributed by atoms with Gasteiger partial charge >= 0.3 is 0 Å². The molecule has 0 fully saturated rings. The molecule has 3 nitrogen and oxygen atoms in total. The maximum atomic E-state index is 6.08. The summed E-state index contributed by atoms with van der Waals surface area (Å²) in [6.07, 6.45) is 1.53. The molecule has 0 radical (unpaired) electrons. The van der Waals surface area contributed by atoms with Crippen LogP contribution in [0.3, 0.4) is 0 Å². The van der Waals surface area contributed by atoms with Gasteiger partial charge in [0.2, 0.25) is 0 Å². The molecular formula is C12H10BrCl2N3. The van der Waals surface area contributed by atoms with E-state index in [2.05, 4.69) is 26.2 Å². The molecule has 0 atom stereocenters. The molecule has 0 spiro atoms. The summed E-state index contributed by atoms with van der Waals surface area (Å²) in [7, 11) is 0. The van der Waals surface area contributed by atoms with Gasteiger partial charge < -0.3 is 11.1 Å². The van der Waals surface area contributed by atoms with Crippen LogP contribution in [-0.2, 0) is 0 Å². The van der Waals surface area contributed by atoms with Crippen molar-refractivity contribution in [1.82, 2.24) is 4.98 Å². The number of aryl methyl sites for hydroxylation is 1. The Kier molecular flexibility index (Phi) is 4.00. The summed E-state index contributed by atoms with van der Waals surface area (Å²) in [6, 6.07) is 5.38. The summed E-state index contributed by atoms with van der Waals surface area (Å²) >= 11 is 15.3. The molecule has 3 N–H and O–H groups in total. The monoisotopic (exact) mass is 345 g/mol. The number of halogens is 3. The Labute approximate surface area is 123 Å². The number of nitrogens with one attached hydrogen (secondary N) is 1. The van der Waals surface area contributed by atoms with E-state index in [-0.39, 0.29) is 0 Å². The highest BCUT2D eigenvalue weighted by molar-refractivity contribution is 9.10. The number of nitrogens with two attached hydrogens (primary N) is 1. The van der Waals surface area contributed by atoms with Crippen LogP contribution in [0.1, 0.15) is 5.56 Å². The maximum Gasteiger partial charge on any atom is 0.153 e. The predicted octanol–water partition coefficient (Wildman–Crippen LogP) is 4.79. The highest BCUT2D eigenvalue weighted by Gasteiger charge is 2.07. The zero-order chi connectivity index (χ0) is 13.3. The summed E-state index contributed by atoms with van der Waals surface area (Å²) in [5, 5.41) is 4.28. The normalized spacial score (nSPS) is 10.4. The third-order valence-electron chi connectivity index (χ3n) is 2.39. The topological polar surface area (TPSA) is 50.9 Å². The van der Waals surface area contributed by atoms with Gasteiger partial charge in [0.25, 0.3) is 0 Å². The van der Waals surface area contributed by atoms with Gasteiger partial charge in [0.15, 0.2) is 5.82 Å². The van der Waals surface area contributed by atoms with Crippen molar-refractivity contribution in [3.63, 3.8) is 0 Å². The van der Waals surface area contributed by atoms with Crippen molar-refractivity contribution in [2.24, 2.45) is 0 Å². The minimum absolute atomic E-state index is 0.478. The lowest BCUT2D eigenvalue weighted by Gasteiger charge is -2.11. The molecule has 6 heteroatoms. The molecule has 18 heavy (non-hydrogen) atoms. The van der Waals surface area contributed by atoms with Gasteiger partial charge in [0, 0.05) is 15.7 Å². The fourth-order valence-electron chi connectivity index (χ4n) is 1.43. The van der Waals surface area contributed by atoms with Gasteiger partial charge in [0.05, 0.1) is 16.4 Å². The van der Waals surface area contributed by atoms with Crippen molar-refractivity contribution in [1.29, 1.82) is 0 Å². The van der Waals surface area contributed by atoms with Crippen molar-refractivity contribution in [2.45, 2.75) is 6.92 Å². The van der Waals surface area contributed by atoms with Crippen molar-refractivity contribution < 1.29 is 0 Å². The fraction of sp³-hybridized carbons (Fsp3) is 0.0833. The fourth-order valence-corrected chi connectivity index (χ4v) is 2.32. The Balaban J connectivity index is 2.37. The predicted molar refractivity (Wildman–Crippen MR) is 80.8 cm³/mol. The Morgan fingerprint density at radius 2 is 2.00 bits per heavy atom. The highest BCUT2D eigenvalue weighted by atomic mass is 79.9. The minimum Gasteiger partial charge on any atom is -0.396 e. The van der Waals surface area contributed by atoms with Crippen LogP contribution in [0.5, 0.6) is 0 Å². The molecule has 0 saturated heterocycles. The number of rotatable bonds is 2. The molecular weight excluding hydrogens is 337 g/mol. The van der Waals surface area contributed by atoms with E-state index in [1.165, 1.54) is 6.20 Å². The number of hydrogen-bond donors (Lipinski definition) is 2. The summed E-state index contributed by atoms with van der Waals surface area (Å²) in [5.74, 6) is 0.542. The first-order valence-corrected chi connectivity index (χ1v) is 6.66. The molecule has 94 valence electrons. The number of nitrogens with zero attached hydrogens (tertiary/aromatic N) is 1. The van der Waals surface area contributed by atoms with Crippen LogP contribution in [-0.4, -0.2) is 4.98 Å². The maximum absolute atomic E-state index is 6.08. The Morgan fingerprint density at radius 3 is 2.67 bits per heavy atom. The van der Waals surface area contributed by atoms with Crippen LogP contribution in [0.4, 0.5) is 17.2 Å². The molecule has 0 unspecified atom stereocenters. The quantitative estimate of drug-likeness (QED) is 0.822. The Morgan fingerprint density at radius 1 is 1.28 bits per heavy atom. The molecule has 0 aliphatic heterocycles. The first kappa shape index (κ1) is 13.5. The Bertz CT molecular complexity index is 602. The van der Waals surface area contributed by atoms with Crippen LogP contribution in [0.25, 0.3) is 0 Å². The average molecular weight is 347 g/mol. The van der Waals surface area contributed by atoms with E-state index in [1.54, 1.807) is 6.07 Å². The lowest BCUT2D eigenvalue weighted by Crippen LogP contribution is -1.99. The summed E-state index contributed by atoms with van der Waals surface area (Å²) in [5.41, 5.74) is 8.10. The highest BCUT2D eigenvalue weighted by Crippen LogP contribution is 2.32. The lowest BCUT2D eigenvalue weighted by molar-refractivity contribution is 1.30. The van der Waals surface area contributed by atoms with E-state index in [9.17, 15) is 0 Å². The number of hydrogen-bond acceptors (Lipinski definition) is 3. The summed E-state index contributed by atoms with van der Waals surface area (Å²) < 4.78 is 0.889. The number of pyridine rings is 1. The van der Waals surface area contributed by atoms with E-state index < -0.39 is 0 Å². The minimum atomic E-state index is 0.478. The lowest BCUT2D eigenvalue weighted by atomic mass is 10.2. The van der Waals surface area contributed by atoms with Crippen LogP contribution < -0.4 is 11.1 Å². The summed E-state index contributed by atoms with van der Waals surface area (Å²) in [6.45, 7) is 1.94. The zero-order valence-corrected chi connectivity index (χ0v) is 12.6. The van der Waals surface area contributed by atoms with Crippen LogP contribution >= 0.6 is 39.1 Å². The van der Waals surface area contributed by atoms with Crippen LogP contribution in [0, 0.1) is 6.92 Å². The van der Waals surface area contributed by atoms with Crippen molar-refractivity contribution in [2.75, 3.05) is 11.1 Å². The zero-order valence-electron chi connectivity index (χ0n) is 9.47. The van der Waals surface area contributed by atoms with Gasteiger partial charge in [-0.25, -0.2) is 4.98 Å². The van der Waals surface area contributed by atoms with Gasteiger partial charge in [-0.1, -0.05) is 23.2 Å². The number of aromatic nitrogens is 1. The molecule has 0 aliphatic rings. The molecule has 0 bridgehead atoms. The third kappa shape index (κ3) is 2.88. The van der Waals surface area contributed by atoms with E-state index in [4.69, 9.17) is 28.9 Å². The second-order valence-corrected chi connectivity index (χ2v) is 5.50. The number of anilines is 3. The van der Waals surface area contributed by atoms with Crippen LogP contribution in [0.2, 0.25) is 10.0 Å². The van der Waals surface area contributed by atoms with Gasteiger partial charge in [-0.2, -0.15) is 0 Å². The molecule has 0 saturated carbocycles. The van der Waals surface area contributed by atoms with Gasteiger partial charge in [-0.3, -0.25) is 0 Å². The van der Waals surface area contributed by atoms with Crippen molar-refractivity contribution >= 4 is 56.3 Å².